The molecule has 0 aliphatic heterocycles. The summed E-state index contributed by atoms with van der Waals surface area (Å²) in [7, 11) is 1.74. The number of hydrogen-bond acceptors (Lipinski definition) is 3. The van der Waals surface area contributed by atoms with E-state index in [1.54, 1.807) is 30.1 Å². The van der Waals surface area contributed by atoms with Crippen LogP contribution in [-0.2, 0) is 7.05 Å². The summed E-state index contributed by atoms with van der Waals surface area (Å²) in [4.78, 5) is 0. The van der Waals surface area contributed by atoms with E-state index in [-0.39, 0.29) is 0 Å². The van der Waals surface area contributed by atoms with Crippen LogP contribution in [0, 0.1) is 3.57 Å². The minimum Gasteiger partial charge on any atom is -0.382 e. The van der Waals surface area contributed by atoms with E-state index in [0.717, 1.165) is 9.13 Å². The second kappa shape index (κ2) is 4.68. The zero-order valence-corrected chi connectivity index (χ0v) is 11.3. The number of benzene rings is 1. The number of aliphatic hydroxyl groups is 1. The van der Waals surface area contributed by atoms with Gasteiger partial charge in [-0.05, 0) is 40.8 Å². The highest BCUT2D eigenvalue weighted by Crippen LogP contribution is 2.27. The highest BCUT2D eigenvalue weighted by Gasteiger charge is 2.17. The molecule has 0 spiro atoms. The Morgan fingerprint density at radius 1 is 1.50 bits per heavy atom. The molecule has 0 bridgehead atoms. The topological polar surface area (TPSA) is 50.9 Å². The maximum Gasteiger partial charge on any atom is 0.123 e. The Kier molecular flexibility index (Phi) is 3.46. The molecule has 0 saturated carbocycles. The third-order valence-electron chi connectivity index (χ3n) is 2.28. The Morgan fingerprint density at radius 2 is 2.25 bits per heavy atom. The number of rotatable bonds is 2. The summed E-state index contributed by atoms with van der Waals surface area (Å²) in [6.45, 7) is 0. The van der Waals surface area contributed by atoms with Gasteiger partial charge < -0.3 is 5.11 Å². The van der Waals surface area contributed by atoms with Crippen molar-refractivity contribution in [3.8, 4) is 0 Å². The molecule has 0 saturated heterocycles. The first kappa shape index (κ1) is 11.8. The van der Waals surface area contributed by atoms with Crippen molar-refractivity contribution in [2.24, 2.45) is 7.05 Å². The molecule has 1 atom stereocenters. The number of hydrogen-bond donors (Lipinski definition) is 1. The highest BCUT2D eigenvalue weighted by molar-refractivity contribution is 14.1. The Labute approximate surface area is 111 Å². The van der Waals surface area contributed by atoms with Crippen molar-refractivity contribution >= 4 is 34.2 Å². The van der Waals surface area contributed by atoms with Crippen LogP contribution < -0.4 is 0 Å². The molecule has 84 valence electrons. The molecular weight excluding hydrogens is 340 g/mol. The molecule has 2 aromatic rings. The van der Waals surface area contributed by atoms with Gasteiger partial charge in [-0.1, -0.05) is 16.8 Å². The van der Waals surface area contributed by atoms with Crippen LogP contribution in [0.25, 0.3) is 0 Å². The molecule has 1 aromatic heterocycles. The molecule has 0 amide bonds. The van der Waals surface area contributed by atoms with Crippen LogP contribution in [-0.4, -0.2) is 20.1 Å². The molecule has 4 nitrogen and oxygen atoms in total. The standard InChI is InChI=1S/C10H9ClIN3O/c1-15-9(5-13-14-15)10(16)7-4-6(11)2-3-8(7)12/h2-5,10,16H,1H3. The van der Waals surface area contributed by atoms with Crippen LogP contribution in [0.4, 0.5) is 0 Å². The summed E-state index contributed by atoms with van der Waals surface area (Å²) < 4.78 is 2.50. The molecule has 0 aliphatic rings. The molecule has 1 unspecified atom stereocenters. The lowest BCUT2D eigenvalue weighted by molar-refractivity contribution is 0.209. The van der Waals surface area contributed by atoms with E-state index in [0.29, 0.717) is 10.7 Å². The van der Waals surface area contributed by atoms with Crippen molar-refractivity contribution in [3.63, 3.8) is 0 Å². The second-order valence-electron chi connectivity index (χ2n) is 3.35. The lowest BCUT2D eigenvalue weighted by Crippen LogP contribution is -2.08. The van der Waals surface area contributed by atoms with Gasteiger partial charge in [0.05, 0.1) is 11.9 Å². The van der Waals surface area contributed by atoms with Crippen molar-refractivity contribution in [1.29, 1.82) is 0 Å². The highest BCUT2D eigenvalue weighted by atomic mass is 127. The van der Waals surface area contributed by atoms with E-state index >= 15 is 0 Å². The Morgan fingerprint density at radius 3 is 2.88 bits per heavy atom. The van der Waals surface area contributed by atoms with Gasteiger partial charge >= 0.3 is 0 Å². The lowest BCUT2D eigenvalue weighted by Gasteiger charge is -2.12. The Bertz CT molecular complexity index is 515. The molecular formula is C10H9ClIN3O. The van der Waals surface area contributed by atoms with Crippen molar-refractivity contribution in [3.05, 3.63) is 44.2 Å². The Hall–Kier alpha value is -0.660. The van der Waals surface area contributed by atoms with Gasteiger partial charge in [0.1, 0.15) is 6.10 Å². The minimum absolute atomic E-state index is 0.601. The molecule has 16 heavy (non-hydrogen) atoms. The van der Waals surface area contributed by atoms with E-state index in [4.69, 9.17) is 11.6 Å². The smallest absolute Gasteiger partial charge is 0.123 e. The van der Waals surface area contributed by atoms with Gasteiger partial charge in [-0.3, -0.25) is 0 Å². The summed E-state index contributed by atoms with van der Waals surface area (Å²) in [5, 5.41) is 18.3. The van der Waals surface area contributed by atoms with E-state index < -0.39 is 6.10 Å². The normalized spacial score (nSPS) is 12.8. The molecule has 0 aliphatic carbocycles. The van der Waals surface area contributed by atoms with E-state index in [1.165, 1.54) is 0 Å². The van der Waals surface area contributed by atoms with Crippen molar-refractivity contribution in [1.82, 2.24) is 15.0 Å². The quantitative estimate of drug-likeness (QED) is 0.845. The lowest BCUT2D eigenvalue weighted by atomic mass is 10.1. The molecule has 1 N–H and O–H groups in total. The van der Waals surface area contributed by atoms with E-state index in [9.17, 15) is 5.11 Å². The summed E-state index contributed by atoms with van der Waals surface area (Å²) in [6.07, 6.45) is 0.785. The molecule has 2 rings (SSSR count). The van der Waals surface area contributed by atoms with Gasteiger partial charge in [0, 0.05) is 21.2 Å². The first-order valence-corrected chi connectivity index (χ1v) is 6.03. The minimum atomic E-state index is -0.759. The van der Waals surface area contributed by atoms with Gasteiger partial charge in [-0.2, -0.15) is 0 Å². The van der Waals surface area contributed by atoms with Crippen LogP contribution in [0.5, 0.6) is 0 Å². The first-order valence-electron chi connectivity index (χ1n) is 4.57. The maximum absolute atomic E-state index is 10.2. The SMILES string of the molecule is Cn1nncc1C(O)c1cc(Cl)ccc1I. The summed E-state index contributed by atoms with van der Waals surface area (Å²) in [5.74, 6) is 0. The summed E-state index contributed by atoms with van der Waals surface area (Å²) >= 11 is 8.07. The average Bonchev–Trinajstić information content (AvgIpc) is 2.67. The van der Waals surface area contributed by atoms with Crippen LogP contribution in [0.15, 0.2) is 24.4 Å². The largest absolute Gasteiger partial charge is 0.382 e. The predicted octanol–water partition coefficient (Wildman–Crippen LogP) is 2.15. The van der Waals surface area contributed by atoms with Crippen LogP contribution in [0.3, 0.4) is 0 Å². The van der Waals surface area contributed by atoms with Crippen molar-refractivity contribution in [2.45, 2.75) is 6.10 Å². The van der Waals surface area contributed by atoms with Gasteiger partial charge in [-0.25, -0.2) is 4.68 Å². The van der Waals surface area contributed by atoms with Crippen LogP contribution in [0.2, 0.25) is 5.02 Å². The maximum atomic E-state index is 10.2. The average molecular weight is 350 g/mol. The third kappa shape index (κ3) is 2.21. The number of aromatic nitrogens is 3. The zero-order chi connectivity index (χ0) is 11.7. The summed E-state index contributed by atoms with van der Waals surface area (Å²) in [6, 6.07) is 5.41. The van der Waals surface area contributed by atoms with Crippen molar-refractivity contribution < 1.29 is 5.11 Å². The zero-order valence-electron chi connectivity index (χ0n) is 8.43. The molecule has 0 fully saturated rings. The molecule has 6 heteroatoms. The molecule has 0 radical (unpaired) electrons. The fourth-order valence-electron chi connectivity index (χ4n) is 1.43. The Balaban J connectivity index is 2.45. The second-order valence-corrected chi connectivity index (χ2v) is 4.95. The number of halogens is 2. The van der Waals surface area contributed by atoms with Gasteiger partial charge in [-0.15, -0.1) is 5.10 Å². The number of aryl methyl sites for hydroxylation is 1. The third-order valence-corrected chi connectivity index (χ3v) is 3.50. The van der Waals surface area contributed by atoms with Gasteiger partial charge in [0.25, 0.3) is 0 Å². The fourth-order valence-corrected chi connectivity index (χ4v) is 2.24. The van der Waals surface area contributed by atoms with E-state index in [2.05, 4.69) is 32.9 Å². The number of aliphatic hydroxyl groups excluding tert-OH is 1. The monoisotopic (exact) mass is 349 g/mol. The van der Waals surface area contributed by atoms with Crippen LogP contribution in [0.1, 0.15) is 17.4 Å². The predicted molar refractivity (Wildman–Crippen MR) is 69.2 cm³/mol. The van der Waals surface area contributed by atoms with Gasteiger partial charge in [0.2, 0.25) is 0 Å². The number of nitrogens with zero attached hydrogens (tertiary/aromatic N) is 3. The van der Waals surface area contributed by atoms with Crippen molar-refractivity contribution in [2.75, 3.05) is 0 Å². The molecule has 1 heterocycles. The fraction of sp³-hybridized carbons (Fsp3) is 0.200. The van der Waals surface area contributed by atoms with Gasteiger partial charge in [0.15, 0.2) is 0 Å². The summed E-state index contributed by atoms with van der Waals surface area (Å²) in [5.41, 5.74) is 1.40. The first-order chi connectivity index (χ1) is 7.59. The molecule has 1 aromatic carbocycles. The van der Waals surface area contributed by atoms with E-state index in [1.807, 2.05) is 6.07 Å². The van der Waals surface area contributed by atoms with Crippen LogP contribution >= 0.6 is 34.2 Å².